The predicted octanol–water partition coefficient (Wildman–Crippen LogP) is 3.50. The summed E-state index contributed by atoms with van der Waals surface area (Å²) in [5.41, 5.74) is 8.87. The molecule has 1 heterocycles. The molecule has 3 nitrogen and oxygen atoms in total. The van der Waals surface area contributed by atoms with Crippen LogP contribution in [0.1, 0.15) is 15.9 Å². The normalized spacial score (nSPS) is 10.2. The van der Waals surface area contributed by atoms with E-state index in [1.54, 1.807) is 23.5 Å². The van der Waals surface area contributed by atoms with Gasteiger partial charge in [0.25, 0.3) is 5.91 Å². The Balaban J connectivity index is 2.15. The molecular formula is C12H11IN2OS. The molecule has 5 heteroatoms. The maximum atomic E-state index is 11.9. The molecule has 0 bridgehead atoms. The molecule has 3 N–H and O–H groups in total. The lowest BCUT2D eigenvalue weighted by atomic mass is 10.2. The van der Waals surface area contributed by atoms with Crippen molar-refractivity contribution in [3.05, 3.63) is 43.7 Å². The van der Waals surface area contributed by atoms with Gasteiger partial charge in [-0.15, -0.1) is 11.3 Å². The van der Waals surface area contributed by atoms with Gasteiger partial charge < -0.3 is 11.1 Å². The average Bonchev–Trinajstić information content (AvgIpc) is 2.70. The molecule has 0 radical (unpaired) electrons. The van der Waals surface area contributed by atoms with Crippen LogP contribution >= 0.6 is 33.9 Å². The number of benzene rings is 1. The number of rotatable bonds is 2. The molecule has 0 atom stereocenters. The molecule has 17 heavy (non-hydrogen) atoms. The number of nitrogens with one attached hydrogen (secondary N) is 1. The van der Waals surface area contributed by atoms with Gasteiger partial charge in [-0.2, -0.15) is 0 Å². The molecule has 2 rings (SSSR count). The van der Waals surface area contributed by atoms with E-state index in [1.165, 1.54) is 0 Å². The Morgan fingerprint density at radius 3 is 2.76 bits per heavy atom. The first-order chi connectivity index (χ1) is 8.06. The molecule has 1 aromatic heterocycles. The predicted molar refractivity (Wildman–Crippen MR) is 80.6 cm³/mol. The minimum atomic E-state index is -0.0895. The van der Waals surface area contributed by atoms with E-state index in [2.05, 4.69) is 27.9 Å². The monoisotopic (exact) mass is 358 g/mol. The smallest absolute Gasteiger partial charge is 0.256 e. The van der Waals surface area contributed by atoms with E-state index in [-0.39, 0.29) is 5.91 Å². The number of thiophene rings is 1. The zero-order chi connectivity index (χ0) is 12.4. The number of halogens is 1. The van der Waals surface area contributed by atoms with Crippen LogP contribution in [0.3, 0.4) is 0 Å². The van der Waals surface area contributed by atoms with E-state index in [1.807, 2.05) is 24.4 Å². The van der Waals surface area contributed by atoms with Crippen LogP contribution in [0.15, 0.2) is 29.6 Å². The maximum absolute atomic E-state index is 11.9. The van der Waals surface area contributed by atoms with Crippen LogP contribution in [0.5, 0.6) is 0 Å². The largest absolute Gasteiger partial charge is 0.399 e. The highest BCUT2D eigenvalue weighted by atomic mass is 127. The fraction of sp³-hybridized carbons (Fsp3) is 0.0833. The Kier molecular flexibility index (Phi) is 3.68. The van der Waals surface area contributed by atoms with Crippen molar-refractivity contribution in [1.82, 2.24) is 0 Å². The van der Waals surface area contributed by atoms with Crippen molar-refractivity contribution in [3.8, 4) is 0 Å². The highest BCUT2D eigenvalue weighted by Crippen LogP contribution is 2.20. The van der Waals surface area contributed by atoms with Gasteiger partial charge >= 0.3 is 0 Å². The quantitative estimate of drug-likeness (QED) is 0.638. The third-order valence-electron chi connectivity index (χ3n) is 2.36. The Morgan fingerprint density at radius 2 is 2.18 bits per heavy atom. The third kappa shape index (κ3) is 2.98. The molecule has 0 saturated heterocycles. The van der Waals surface area contributed by atoms with Crippen LogP contribution in [0.25, 0.3) is 0 Å². The van der Waals surface area contributed by atoms with Crippen molar-refractivity contribution < 1.29 is 4.79 Å². The van der Waals surface area contributed by atoms with Gasteiger partial charge in [0.15, 0.2) is 0 Å². The number of hydrogen-bond donors (Lipinski definition) is 2. The number of carbonyl (C=O) groups excluding carboxylic acids is 1. The Labute approximate surface area is 117 Å². The van der Waals surface area contributed by atoms with E-state index < -0.39 is 0 Å². The summed E-state index contributed by atoms with van der Waals surface area (Å²) in [7, 11) is 0. The van der Waals surface area contributed by atoms with Gasteiger partial charge in [0.2, 0.25) is 0 Å². The maximum Gasteiger partial charge on any atom is 0.256 e. The molecule has 0 aliphatic rings. The number of hydrogen-bond acceptors (Lipinski definition) is 3. The molecule has 1 aromatic carbocycles. The number of nitrogen functional groups attached to an aromatic ring is 1. The molecule has 0 aliphatic carbocycles. The zero-order valence-corrected chi connectivity index (χ0v) is 12.1. The summed E-state index contributed by atoms with van der Waals surface area (Å²) in [6, 6.07) is 7.33. The topological polar surface area (TPSA) is 55.1 Å². The van der Waals surface area contributed by atoms with Crippen molar-refractivity contribution in [3.63, 3.8) is 0 Å². The summed E-state index contributed by atoms with van der Waals surface area (Å²) in [6.07, 6.45) is 0. The van der Waals surface area contributed by atoms with Crippen LogP contribution in [0.4, 0.5) is 11.4 Å². The fourth-order valence-corrected chi connectivity index (χ4v) is 2.71. The average molecular weight is 358 g/mol. The molecule has 2 aromatic rings. The molecule has 88 valence electrons. The second-order valence-electron chi connectivity index (χ2n) is 3.66. The van der Waals surface area contributed by atoms with Crippen LogP contribution in [-0.2, 0) is 0 Å². The van der Waals surface area contributed by atoms with Crippen LogP contribution in [-0.4, -0.2) is 5.91 Å². The van der Waals surface area contributed by atoms with Gasteiger partial charge in [-0.3, -0.25) is 4.79 Å². The third-order valence-corrected chi connectivity index (χ3v) is 4.15. The molecule has 0 saturated carbocycles. The van der Waals surface area contributed by atoms with Crippen molar-refractivity contribution in [1.29, 1.82) is 0 Å². The van der Waals surface area contributed by atoms with Crippen molar-refractivity contribution >= 4 is 51.2 Å². The summed E-state index contributed by atoms with van der Waals surface area (Å²) >= 11 is 3.75. The lowest BCUT2D eigenvalue weighted by Crippen LogP contribution is -2.11. The zero-order valence-electron chi connectivity index (χ0n) is 9.16. The SMILES string of the molecule is Cc1cc(NC(=O)c2csc(I)c2)ccc1N. The Bertz CT molecular complexity index is 565. The Morgan fingerprint density at radius 1 is 1.41 bits per heavy atom. The van der Waals surface area contributed by atoms with E-state index in [9.17, 15) is 4.79 Å². The van der Waals surface area contributed by atoms with E-state index in [0.29, 0.717) is 5.56 Å². The number of nitrogens with two attached hydrogens (primary N) is 1. The second kappa shape index (κ2) is 5.05. The lowest BCUT2D eigenvalue weighted by Gasteiger charge is -2.06. The van der Waals surface area contributed by atoms with Gasteiger partial charge in [0.05, 0.1) is 8.45 Å². The highest BCUT2D eigenvalue weighted by Gasteiger charge is 2.08. The van der Waals surface area contributed by atoms with Crippen molar-refractivity contribution in [2.75, 3.05) is 11.1 Å². The summed E-state index contributed by atoms with van der Waals surface area (Å²) in [5.74, 6) is -0.0895. The summed E-state index contributed by atoms with van der Waals surface area (Å²) in [5, 5.41) is 4.70. The van der Waals surface area contributed by atoms with Crippen LogP contribution < -0.4 is 11.1 Å². The summed E-state index contributed by atoms with van der Waals surface area (Å²) in [4.78, 5) is 11.9. The number of carbonyl (C=O) groups is 1. The first-order valence-corrected chi connectivity index (χ1v) is 6.93. The summed E-state index contributed by atoms with van der Waals surface area (Å²) < 4.78 is 1.10. The first kappa shape index (κ1) is 12.4. The van der Waals surface area contributed by atoms with Gasteiger partial charge in [-0.1, -0.05) is 0 Å². The highest BCUT2D eigenvalue weighted by molar-refractivity contribution is 14.1. The molecule has 0 spiro atoms. The first-order valence-electron chi connectivity index (χ1n) is 4.98. The minimum absolute atomic E-state index is 0.0895. The number of aryl methyl sites for hydroxylation is 1. The molecule has 0 unspecified atom stereocenters. The van der Waals surface area contributed by atoms with Gasteiger partial charge in [0, 0.05) is 16.8 Å². The lowest BCUT2D eigenvalue weighted by molar-refractivity contribution is 0.102. The van der Waals surface area contributed by atoms with Crippen molar-refractivity contribution in [2.24, 2.45) is 0 Å². The fourth-order valence-electron chi connectivity index (χ4n) is 1.39. The van der Waals surface area contributed by atoms with E-state index in [4.69, 9.17) is 5.73 Å². The Hall–Kier alpha value is -1.08. The van der Waals surface area contributed by atoms with Crippen LogP contribution in [0.2, 0.25) is 0 Å². The van der Waals surface area contributed by atoms with Gasteiger partial charge in [0.1, 0.15) is 0 Å². The second-order valence-corrected chi connectivity index (χ2v) is 6.47. The minimum Gasteiger partial charge on any atom is -0.399 e. The molecule has 0 fully saturated rings. The van der Waals surface area contributed by atoms with E-state index >= 15 is 0 Å². The number of anilines is 2. The molecule has 1 amide bonds. The number of amides is 1. The molecule has 0 aliphatic heterocycles. The van der Waals surface area contributed by atoms with Crippen LogP contribution in [0, 0.1) is 9.81 Å². The standard InChI is InChI=1S/C12H11IN2OS/c1-7-4-9(2-3-10(7)14)15-12(16)8-5-11(13)17-6-8/h2-6H,14H2,1H3,(H,15,16). The molecular weight excluding hydrogens is 347 g/mol. The van der Waals surface area contributed by atoms with Gasteiger partial charge in [-0.25, -0.2) is 0 Å². The summed E-state index contributed by atoms with van der Waals surface area (Å²) in [6.45, 7) is 1.92. The van der Waals surface area contributed by atoms with E-state index in [0.717, 1.165) is 19.8 Å². The van der Waals surface area contributed by atoms with Crippen molar-refractivity contribution in [2.45, 2.75) is 6.92 Å². The van der Waals surface area contributed by atoms with Gasteiger partial charge in [-0.05, 0) is 59.3 Å².